The molecule has 116 valence electrons. The maximum Gasteiger partial charge on any atom is 0.224 e. The first-order chi connectivity index (χ1) is 10.3. The Morgan fingerprint density at radius 2 is 2.19 bits per heavy atom. The van der Waals surface area contributed by atoms with Gasteiger partial charge in [0.25, 0.3) is 0 Å². The van der Waals surface area contributed by atoms with Gasteiger partial charge in [0.2, 0.25) is 5.91 Å². The van der Waals surface area contributed by atoms with Gasteiger partial charge in [-0.15, -0.1) is 0 Å². The van der Waals surface area contributed by atoms with E-state index in [2.05, 4.69) is 34.5 Å². The summed E-state index contributed by atoms with van der Waals surface area (Å²) in [4.78, 5) is 14.6. The number of piperidine rings is 1. The van der Waals surface area contributed by atoms with Crippen LogP contribution in [0.5, 0.6) is 0 Å². The number of rotatable bonds is 7. The third-order valence-electron chi connectivity index (χ3n) is 3.95. The van der Waals surface area contributed by atoms with Gasteiger partial charge < -0.3 is 10.1 Å². The average molecular weight is 290 g/mol. The third-order valence-corrected chi connectivity index (χ3v) is 3.95. The lowest BCUT2D eigenvalue weighted by Gasteiger charge is -2.32. The summed E-state index contributed by atoms with van der Waals surface area (Å²) in [6, 6.07) is 10.5. The summed E-state index contributed by atoms with van der Waals surface area (Å²) in [6.07, 6.45) is 2.98. The number of nitrogens with zero attached hydrogens (tertiary/aromatic N) is 1. The van der Waals surface area contributed by atoms with Crippen LogP contribution in [0, 0.1) is 5.92 Å². The van der Waals surface area contributed by atoms with E-state index in [4.69, 9.17) is 4.74 Å². The van der Waals surface area contributed by atoms with E-state index in [9.17, 15) is 4.79 Å². The number of methoxy groups -OCH3 is 1. The second-order valence-corrected chi connectivity index (χ2v) is 5.70. The van der Waals surface area contributed by atoms with Crippen LogP contribution < -0.4 is 5.32 Å². The fourth-order valence-corrected chi connectivity index (χ4v) is 2.83. The number of carbonyl (C=O) groups excluding carboxylic acids is 1. The molecule has 1 aromatic carbocycles. The SMILES string of the molecule is COCCCNC(=O)[C@@H]1CCCN(Cc2ccccc2)C1. The number of likely N-dealkylation sites (tertiary alicyclic amines) is 1. The second-order valence-electron chi connectivity index (χ2n) is 5.70. The summed E-state index contributed by atoms with van der Waals surface area (Å²) in [7, 11) is 1.68. The number of benzene rings is 1. The van der Waals surface area contributed by atoms with Gasteiger partial charge in [0.1, 0.15) is 0 Å². The van der Waals surface area contributed by atoms with Crippen molar-refractivity contribution in [2.24, 2.45) is 5.92 Å². The minimum atomic E-state index is 0.130. The van der Waals surface area contributed by atoms with Crippen LogP contribution in [0.15, 0.2) is 30.3 Å². The van der Waals surface area contributed by atoms with Crippen LogP contribution in [0.2, 0.25) is 0 Å². The Hall–Kier alpha value is -1.39. The van der Waals surface area contributed by atoms with Gasteiger partial charge >= 0.3 is 0 Å². The first kappa shape index (κ1) is 16.0. The Labute approximate surface area is 127 Å². The van der Waals surface area contributed by atoms with Gasteiger partial charge in [-0.05, 0) is 31.4 Å². The van der Waals surface area contributed by atoms with Crippen LogP contribution in [0.25, 0.3) is 0 Å². The first-order valence-corrected chi connectivity index (χ1v) is 7.82. The van der Waals surface area contributed by atoms with Gasteiger partial charge in [-0.2, -0.15) is 0 Å². The Bertz CT molecular complexity index is 422. The molecule has 1 fully saturated rings. The Balaban J connectivity index is 1.76. The van der Waals surface area contributed by atoms with Crippen molar-refractivity contribution in [1.29, 1.82) is 0 Å². The standard InChI is InChI=1S/C17H26N2O2/c1-21-12-6-10-18-17(20)16-9-5-11-19(14-16)13-15-7-3-2-4-8-15/h2-4,7-8,16H,5-6,9-14H2,1H3,(H,18,20)/t16-/m1/s1. The molecule has 0 bridgehead atoms. The third kappa shape index (κ3) is 5.48. The predicted molar refractivity (Wildman–Crippen MR) is 83.9 cm³/mol. The summed E-state index contributed by atoms with van der Waals surface area (Å²) in [5.41, 5.74) is 1.32. The predicted octanol–water partition coefficient (Wildman–Crippen LogP) is 2.05. The molecule has 1 aliphatic heterocycles. The maximum atomic E-state index is 12.2. The summed E-state index contributed by atoms with van der Waals surface area (Å²) >= 11 is 0. The van der Waals surface area contributed by atoms with Gasteiger partial charge in [0.15, 0.2) is 0 Å². The molecule has 1 N–H and O–H groups in total. The molecule has 1 aliphatic rings. The van der Waals surface area contributed by atoms with Gasteiger partial charge in [0, 0.05) is 33.4 Å². The van der Waals surface area contributed by atoms with Crippen LogP contribution >= 0.6 is 0 Å². The highest BCUT2D eigenvalue weighted by atomic mass is 16.5. The zero-order valence-corrected chi connectivity index (χ0v) is 12.9. The van der Waals surface area contributed by atoms with Crippen molar-refractivity contribution in [2.75, 3.05) is 33.4 Å². The van der Waals surface area contributed by atoms with Crippen LogP contribution in [-0.4, -0.2) is 44.2 Å². The van der Waals surface area contributed by atoms with E-state index >= 15 is 0 Å². The number of ether oxygens (including phenoxy) is 1. The lowest BCUT2D eigenvalue weighted by molar-refractivity contribution is -0.126. The molecule has 0 aromatic heterocycles. The van der Waals surface area contributed by atoms with Crippen molar-refractivity contribution in [3.8, 4) is 0 Å². The number of nitrogens with one attached hydrogen (secondary N) is 1. The van der Waals surface area contributed by atoms with Gasteiger partial charge in [-0.3, -0.25) is 9.69 Å². The summed E-state index contributed by atoms with van der Waals surface area (Å²) < 4.78 is 4.99. The minimum Gasteiger partial charge on any atom is -0.385 e. The molecule has 0 radical (unpaired) electrons. The lowest BCUT2D eigenvalue weighted by Crippen LogP contribution is -2.43. The molecule has 4 heteroatoms. The Morgan fingerprint density at radius 3 is 2.95 bits per heavy atom. The average Bonchev–Trinajstić information content (AvgIpc) is 2.53. The van der Waals surface area contributed by atoms with E-state index in [1.54, 1.807) is 7.11 Å². The van der Waals surface area contributed by atoms with Crippen LogP contribution in [0.3, 0.4) is 0 Å². The molecule has 0 unspecified atom stereocenters. The summed E-state index contributed by atoms with van der Waals surface area (Å²) in [5, 5.41) is 3.03. The van der Waals surface area contributed by atoms with Crippen LogP contribution in [-0.2, 0) is 16.1 Å². The summed E-state index contributed by atoms with van der Waals surface area (Å²) in [6.45, 7) is 4.30. The molecule has 0 saturated carbocycles. The molecule has 1 atom stereocenters. The molecule has 1 heterocycles. The Morgan fingerprint density at radius 1 is 1.38 bits per heavy atom. The van der Waals surface area contributed by atoms with Crippen molar-refractivity contribution in [2.45, 2.75) is 25.8 Å². The van der Waals surface area contributed by atoms with Crippen molar-refractivity contribution >= 4 is 5.91 Å². The zero-order chi connectivity index (χ0) is 14.9. The van der Waals surface area contributed by atoms with E-state index in [1.807, 2.05) is 6.07 Å². The fourth-order valence-electron chi connectivity index (χ4n) is 2.83. The number of amides is 1. The van der Waals surface area contributed by atoms with E-state index in [1.165, 1.54) is 5.56 Å². The highest BCUT2D eigenvalue weighted by Crippen LogP contribution is 2.18. The normalized spacial score (nSPS) is 19.4. The zero-order valence-electron chi connectivity index (χ0n) is 12.9. The van der Waals surface area contributed by atoms with Crippen LogP contribution in [0.4, 0.5) is 0 Å². The van der Waals surface area contributed by atoms with Gasteiger partial charge in [-0.1, -0.05) is 30.3 Å². The van der Waals surface area contributed by atoms with Crippen molar-refractivity contribution < 1.29 is 9.53 Å². The van der Waals surface area contributed by atoms with Crippen molar-refractivity contribution in [3.05, 3.63) is 35.9 Å². The molecule has 2 rings (SSSR count). The fraction of sp³-hybridized carbons (Fsp3) is 0.588. The molecule has 4 nitrogen and oxygen atoms in total. The van der Waals surface area contributed by atoms with Crippen molar-refractivity contribution in [1.82, 2.24) is 10.2 Å². The monoisotopic (exact) mass is 290 g/mol. The highest BCUT2D eigenvalue weighted by Gasteiger charge is 2.25. The second kappa shape index (κ2) is 8.80. The molecular formula is C17H26N2O2. The van der Waals surface area contributed by atoms with Crippen molar-refractivity contribution in [3.63, 3.8) is 0 Å². The quantitative estimate of drug-likeness (QED) is 0.782. The number of hydrogen-bond donors (Lipinski definition) is 1. The maximum absolute atomic E-state index is 12.2. The van der Waals surface area contributed by atoms with E-state index in [-0.39, 0.29) is 11.8 Å². The van der Waals surface area contributed by atoms with Gasteiger partial charge in [0.05, 0.1) is 5.92 Å². The molecule has 0 spiro atoms. The number of carbonyl (C=O) groups is 1. The van der Waals surface area contributed by atoms with E-state index < -0.39 is 0 Å². The first-order valence-electron chi connectivity index (χ1n) is 7.82. The van der Waals surface area contributed by atoms with Crippen LogP contribution in [0.1, 0.15) is 24.8 Å². The topological polar surface area (TPSA) is 41.6 Å². The minimum absolute atomic E-state index is 0.130. The van der Waals surface area contributed by atoms with E-state index in [0.29, 0.717) is 13.2 Å². The van der Waals surface area contributed by atoms with Gasteiger partial charge in [-0.25, -0.2) is 0 Å². The molecule has 21 heavy (non-hydrogen) atoms. The Kier molecular flexibility index (Phi) is 6.70. The molecule has 1 saturated heterocycles. The summed E-state index contributed by atoms with van der Waals surface area (Å²) in [5.74, 6) is 0.328. The highest BCUT2D eigenvalue weighted by molar-refractivity contribution is 5.78. The number of hydrogen-bond acceptors (Lipinski definition) is 3. The smallest absolute Gasteiger partial charge is 0.224 e. The lowest BCUT2D eigenvalue weighted by atomic mass is 9.96. The van der Waals surface area contributed by atoms with E-state index in [0.717, 1.165) is 38.9 Å². The largest absolute Gasteiger partial charge is 0.385 e. The molecule has 0 aliphatic carbocycles. The molecule has 1 amide bonds. The molecule has 1 aromatic rings. The molecular weight excluding hydrogens is 264 g/mol.